The predicted molar refractivity (Wildman–Crippen MR) is 75.7 cm³/mol. The average molecular weight is 266 g/mol. The van der Waals surface area contributed by atoms with Crippen LogP contribution in [-0.2, 0) is 6.42 Å². The van der Waals surface area contributed by atoms with Crippen molar-refractivity contribution in [3.05, 3.63) is 33.9 Å². The number of ether oxygens (including phenoxy) is 1. The van der Waals surface area contributed by atoms with Gasteiger partial charge in [0.1, 0.15) is 0 Å². The highest BCUT2D eigenvalue weighted by Gasteiger charge is 2.15. The third-order valence-corrected chi connectivity index (χ3v) is 2.81. The highest BCUT2D eigenvalue weighted by atomic mass is 16.6. The van der Waals surface area contributed by atoms with Crippen molar-refractivity contribution in [3.8, 4) is 5.75 Å². The zero-order valence-electron chi connectivity index (χ0n) is 11.6. The van der Waals surface area contributed by atoms with E-state index in [-0.39, 0.29) is 10.6 Å². The SMILES string of the molecule is CCCNCCCOc1ccc(CC)cc1[N+](=O)[O-]. The fraction of sp³-hybridized carbons (Fsp3) is 0.571. The Hall–Kier alpha value is -1.62. The molecule has 0 atom stereocenters. The van der Waals surface area contributed by atoms with E-state index in [2.05, 4.69) is 12.2 Å². The molecule has 0 aliphatic rings. The van der Waals surface area contributed by atoms with Gasteiger partial charge in [0.15, 0.2) is 5.75 Å². The van der Waals surface area contributed by atoms with Gasteiger partial charge in [0.05, 0.1) is 11.5 Å². The maximum Gasteiger partial charge on any atom is 0.311 e. The summed E-state index contributed by atoms with van der Waals surface area (Å²) in [4.78, 5) is 10.6. The summed E-state index contributed by atoms with van der Waals surface area (Å²) in [5.41, 5.74) is 1.00. The molecule has 106 valence electrons. The summed E-state index contributed by atoms with van der Waals surface area (Å²) in [6.07, 6.45) is 2.72. The Kier molecular flexibility index (Phi) is 6.89. The van der Waals surface area contributed by atoms with Crippen molar-refractivity contribution in [3.63, 3.8) is 0 Å². The summed E-state index contributed by atoms with van der Waals surface area (Å²) in [5, 5.41) is 14.2. The molecule has 0 fully saturated rings. The van der Waals surface area contributed by atoms with Crippen LogP contribution in [0.25, 0.3) is 0 Å². The van der Waals surface area contributed by atoms with Crippen LogP contribution in [0.4, 0.5) is 5.69 Å². The van der Waals surface area contributed by atoms with Gasteiger partial charge < -0.3 is 10.1 Å². The minimum Gasteiger partial charge on any atom is -0.487 e. The van der Waals surface area contributed by atoms with Crippen LogP contribution < -0.4 is 10.1 Å². The number of aryl methyl sites for hydroxylation is 1. The number of nitro benzene ring substituents is 1. The standard InChI is InChI=1S/C14H22N2O3/c1-3-8-15-9-5-10-19-14-7-6-12(4-2)11-13(14)16(17)18/h6-7,11,15H,3-5,8-10H2,1-2H3. The maximum absolute atomic E-state index is 11.0. The number of rotatable bonds is 9. The molecule has 1 N–H and O–H groups in total. The van der Waals surface area contributed by atoms with Gasteiger partial charge in [-0.05, 0) is 44.0 Å². The normalized spacial score (nSPS) is 10.4. The van der Waals surface area contributed by atoms with E-state index in [1.807, 2.05) is 13.0 Å². The lowest BCUT2D eigenvalue weighted by atomic mass is 10.1. The largest absolute Gasteiger partial charge is 0.487 e. The predicted octanol–water partition coefficient (Wildman–Crippen LogP) is 2.93. The van der Waals surface area contributed by atoms with Crippen molar-refractivity contribution in [1.29, 1.82) is 0 Å². The van der Waals surface area contributed by atoms with Gasteiger partial charge in [-0.1, -0.05) is 19.9 Å². The molecule has 0 unspecified atom stereocenters. The second-order valence-corrected chi connectivity index (χ2v) is 4.36. The first-order valence-corrected chi connectivity index (χ1v) is 6.79. The summed E-state index contributed by atoms with van der Waals surface area (Å²) in [6.45, 7) is 6.43. The van der Waals surface area contributed by atoms with Crippen molar-refractivity contribution >= 4 is 5.69 Å². The Balaban J connectivity index is 2.50. The van der Waals surface area contributed by atoms with Crippen molar-refractivity contribution in [2.24, 2.45) is 0 Å². The highest BCUT2D eigenvalue weighted by molar-refractivity contribution is 5.48. The summed E-state index contributed by atoms with van der Waals surface area (Å²) in [6, 6.07) is 5.15. The van der Waals surface area contributed by atoms with Crippen LogP contribution in [-0.4, -0.2) is 24.6 Å². The Morgan fingerprint density at radius 3 is 2.74 bits per heavy atom. The molecule has 0 aromatic heterocycles. The smallest absolute Gasteiger partial charge is 0.311 e. The van der Waals surface area contributed by atoms with Crippen LogP contribution in [0.15, 0.2) is 18.2 Å². The number of nitrogens with zero attached hydrogens (tertiary/aromatic N) is 1. The first-order chi connectivity index (χ1) is 9.19. The van der Waals surface area contributed by atoms with E-state index in [1.165, 1.54) is 0 Å². The molecular weight excluding hydrogens is 244 g/mol. The first kappa shape index (κ1) is 15.4. The summed E-state index contributed by atoms with van der Waals surface area (Å²) < 4.78 is 5.50. The third-order valence-electron chi connectivity index (χ3n) is 2.81. The van der Waals surface area contributed by atoms with Gasteiger partial charge in [-0.25, -0.2) is 0 Å². The van der Waals surface area contributed by atoms with E-state index in [0.29, 0.717) is 12.4 Å². The van der Waals surface area contributed by atoms with Crippen LogP contribution in [0.2, 0.25) is 0 Å². The number of hydrogen-bond acceptors (Lipinski definition) is 4. The topological polar surface area (TPSA) is 64.4 Å². The molecule has 0 radical (unpaired) electrons. The molecule has 0 spiro atoms. The maximum atomic E-state index is 11.0. The third kappa shape index (κ3) is 5.26. The lowest BCUT2D eigenvalue weighted by molar-refractivity contribution is -0.385. The number of nitrogens with one attached hydrogen (secondary N) is 1. The zero-order chi connectivity index (χ0) is 14.1. The molecule has 5 heteroatoms. The van der Waals surface area contributed by atoms with E-state index < -0.39 is 0 Å². The van der Waals surface area contributed by atoms with E-state index in [4.69, 9.17) is 4.74 Å². The molecular formula is C14H22N2O3. The fourth-order valence-electron chi connectivity index (χ4n) is 1.73. The van der Waals surface area contributed by atoms with Gasteiger partial charge in [-0.2, -0.15) is 0 Å². The van der Waals surface area contributed by atoms with Gasteiger partial charge >= 0.3 is 5.69 Å². The summed E-state index contributed by atoms with van der Waals surface area (Å²) >= 11 is 0. The van der Waals surface area contributed by atoms with Crippen LogP contribution in [0, 0.1) is 10.1 Å². The molecule has 0 saturated carbocycles. The molecule has 0 amide bonds. The minimum absolute atomic E-state index is 0.0564. The minimum atomic E-state index is -0.385. The lowest BCUT2D eigenvalue weighted by Crippen LogP contribution is -2.18. The van der Waals surface area contributed by atoms with Crippen molar-refractivity contribution in [2.45, 2.75) is 33.1 Å². The second-order valence-electron chi connectivity index (χ2n) is 4.36. The molecule has 1 aromatic carbocycles. The first-order valence-electron chi connectivity index (χ1n) is 6.79. The number of nitro groups is 1. The Bertz CT molecular complexity index is 408. The number of benzene rings is 1. The van der Waals surface area contributed by atoms with Crippen molar-refractivity contribution in [2.75, 3.05) is 19.7 Å². The summed E-state index contributed by atoms with van der Waals surface area (Å²) in [5.74, 6) is 0.359. The Morgan fingerprint density at radius 1 is 1.32 bits per heavy atom. The number of hydrogen-bond donors (Lipinski definition) is 1. The molecule has 0 aliphatic carbocycles. The van der Waals surface area contributed by atoms with Gasteiger partial charge in [0.2, 0.25) is 0 Å². The second kappa shape index (κ2) is 8.48. The molecule has 5 nitrogen and oxygen atoms in total. The monoisotopic (exact) mass is 266 g/mol. The van der Waals surface area contributed by atoms with E-state index >= 15 is 0 Å². The van der Waals surface area contributed by atoms with Crippen LogP contribution in [0.1, 0.15) is 32.3 Å². The molecule has 19 heavy (non-hydrogen) atoms. The van der Waals surface area contributed by atoms with Crippen LogP contribution in [0.3, 0.4) is 0 Å². The lowest BCUT2D eigenvalue weighted by Gasteiger charge is -2.08. The van der Waals surface area contributed by atoms with Gasteiger partial charge in [0.25, 0.3) is 0 Å². The molecule has 1 aromatic rings. The average Bonchev–Trinajstić information content (AvgIpc) is 2.42. The quantitative estimate of drug-likeness (QED) is 0.424. The van der Waals surface area contributed by atoms with Gasteiger partial charge in [0, 0.05) is 6.07 Å². The van der Waals surface area contributed by atoms with Crippen LogP contribution >= 0.6 is 0 Å². The summed E-state index contributed by atoms with van der Waals surface area (Å²) in [7, 11) is 0. The molecule has 0 aliphatic heterocycles. The Labute approximate surface area is 114 Å². The Morgan fingerprint density at radius 2 is 2.11 bits per heavy atom. The van der Waals surface area contributed by atoms with E-state index in [9.17, 15) is 10.1 Å². The van der Waals surface area contributed by atoms with E-state index in [0.717, 1.165) is 37.9 Å². The molecule has 1 rings (SSSR count). The van der Waals surface area contributed by atoms with E-state index in [1.54, 1.807) is 12.1 Å². The fourth-order valence-corrected chi connectivity index (χ4v) is 1.73. The van der Waals surface area contributed by atoms with Crippen molar-refractivity contribution < 1.29 is 9.66 Å². The molecule has 0 bridgehead atoms. The highest BCUT2D eigenvalue weighted by Crippen LogP contribution is 2.28. The van der Waals surface area contributed by atoms with Crippen molar-refractivity contribution in [1.82, 2.24) is 5.32 Å². The van der Waals surface area contributed by atoms with Gasteiger partial charge in [-0.15, -0.1) is 0 Å². The molecule has 0 heterocycles. The zero-order valence-corrected chi connectivity index (χ0v) is 11.6. The molecule has 0 saturated heterocycles. The van der Waals surface area contributed by atoms with Gasteiger partial charge in [-0.3, -0.25) is 10.1 Å². The van der Waals surface area contributed by atoms with Crippen LogP contribution in [0.5, 0.6) is 5.75 Å².